The summed E-state index contributed by atoms with van der Waals surface area (Å²) < 4.78 is 0. The van der Waals surface area contributed by atoms with E-state index in [-0.39, 0.29) is 11.6 Å². The molecule has 0 spiro atoms. The van der Waals surface area contributed by atoms with Crippen LogP contribution in [0.5, 0.6) is 0 Å². The second-order valence-corrected chi connectivity index (χ2v) is 4.48. The van der Waals surface area contributed by atoms with Gasteiger partial charge in [-0.25, -0.2) is 9.78 Å². The molecular weight excluding hydrogens is 266 g/mol. The first-order valence-electron chi connectivity index (χ1n) is 5.23. The summed E-state index contributed by atoms with van der Waals surface area (Å²) in [7, 11) is 0. The van der Waals surface area contributed by atoms with Crippen LogP contribution in [0.4, 0.5) is 21.3 Å². The van der Waals surface area contributed by atoms with Gasteiger partial charge in [-0.3, -0.25) is 4.79 Å². The molecule has 3 amide bonds. The summed E-state index contributed by atoms with van der Waals surface area (Å²) in [6, 6.07) is 5.92. The number of thiazole rings is 1. The van der Waals surface area contributed by atoms with Crippen LogP contribution in [0, 0.1) is 0 Å². The fourth-order valence-corrected chi connectivity index (χ4v) is 1.95. The van der Waals surface area contributed by atoms with Crippen molar-refractivity contribution in [2.24, 2.45) is 5.73 Å². The molecule has 0 atom stereocenters. The van der Waals surface area contributed by atoms with Crippen LogP contribution in [-0.4, -0.2) is 16.9 Å². The van der Waals surface area contributed by atoms with Crippen molar-refractivity contribution in [2.45, 2.75) is 0 Å². The summed E-state index contributed by atoms with van der Waals surface area (Å²) in [6.45, 7) is 0. The van der Waals surface area contributed by atoms with Crippen molar-refractivity contribution in [2.75, 3.05) is 16.4 Å². The molecule has 2 aromatic rings. The number of nitrogen functional groups attached to an aromatic ring is 1. The Bertz CT molecular complexity index is 625. The lowest BCUT2D eigenvalue weighted by Gasteiger charge is -2.06. The van der Waals surface area contributed by atoms with Gasteiger partial charge in [0.05, 0.1) is 0 Å². The number of nitrogens with zero attached hydrogens (tertiary/aromatic N) is 1. The van der Waals surface area contributed by atoms with E-state index in [2.05, 4.69) is 15.6 Å². The molecule has 7 nitrogen and oxygen atoms in total. The van der Waals surface area contributed by atoms with Gasteiger partial charge >= 0.3 is 6.03 Å². The zero-order chi connectivity index (χ0) is 13.8. The number of carbonyl (C=O) groups excluding carboxylic acids is 2. The van der Waals surface area contributed by atoms with Gasteiger partial charge in [0.2, 0.25) is 0 Å². The Labute approximate surface area is 112 Å². The van der Waals surface area contributed by atoms with Gasteiger partial charge in [0.15, 0.2) is 5.13 Å². The number of amides is 3. The Hall–Kier alpha value is -2.61. The van der Waals surface area contributed by atoms with E-state index in [1.54, 1.807) is 29.6 Å². The number of hydrogen-bond acceptors (Lipinski definition) is 5. The Morgan fingerprint density at radius 1 is 1.21 bits per heavy atom. The molecule has 0 unspecified atom stereocenters. The SMILES string of the molecule is NC(=O)Nc1cccc(NC(=O)c2csc(N)n2)c1. The summed E-state index contributed by atoms with van der Waals surface area (Å²) in [5, 5.41) is 6.95. The maximum Gasteiger partial charge on any atom is 0.316 e. The summed E-state index contributed by atoms with van der Waals surface area (Å²) >= 11 is 1.19. The second-order valence-electron chi connectivity index (χ2n) is 3.60. The summed E-state index contributed by atoms with van der Waals surface area (Å²) in [5.74, 6) is -0.371. The van der Waals surface area contributed by atoms with Crippen molar-refractivity contribution >= 4 is 39.8 Å². The first-order valence-corrected chi connectivity index (χ1v) is 6.11. The topological polar surface area (TPSA) is 123 Å². The molecule has 0 aliphatic heterocycles. The molecule has 1 aromatic carbocycles. The highest BCUT2D eigenvalue weighted by Gasteiger charge is 2.10. The number of urea groups is 1. The van der Waals surface area contributed by atoms with E-state index in [0.717, 1.165) is 0 Å². The molecule has 0 radical (unpaired) electrons. The van der Waals surface area contributed by atoms with E-state index in [1.165, 1.54) is 11.3 Å². The number of benzene rings is 1. The minimum absolute atomic E-state index is 0.246. The van der Waals surface area contributed by atoms with Crippen molar-refractivity contribution in [1.29, 1.82) is 0 Å². The van der Waals surface area contributed by atoms with E-state index in [4.69, 9.17) is 11.5 Å². The smallest absolute Gasteiger partial charge is 0.316 e. The summed E-state index contributed by atoms with van der Waals surface area (Å²) in [4.78, 5) is 26.4. The molecule has 19 heavy (non-hydrogen) atoms. The van der Waals surface area contributed by atoms with Crippen molar-refractivity contribution in [3.05, 3.63) is 35.3 Å². The van der Waals surface area contributed by atoms with Gasteiger partial charge in [0, 0.05) is 16.8 Å². The first kappa shape index (κ1) is 12.8. The number of hydrogen-bond donors (Lipinski definition) is 4. The zero-order valence-electron chi connectivity index (χ0n) is 9.71. The first-order chi connectivity index (χ1) is 9.04. The van der Waals surface area contributed by atoms with Crippen LogP contribution >= 0.6 is 11.3 Å². The van der Waals surface area contributed by atoms with Crippen LogP contribution in [0.15, 0.2) is 29.6 Å². The zero-order valence-corrected chi connectivity index (χ0v) is 10.5. The fraction of sp³-hybridized carbons (Fsp3) is 0. The second kappa shape index (κ2) is 5.36. The van der Waals surface area contributed by atoms with Crippen LogP contribution < -0.4 is 22.1 Å². The van der Waals surface area contributed by atoms with Crippen molar-refractivity contribution in [3.8, 4) is 0 Å². The molecule has 0 fully saturated rings. The molecule has 0 saturated carbocycles. The number of rotatable bonds is 3. The Balaban J connectivity index is 2.10. The predicted octanol–water partition coefficient (Wildman–Crippen LogP) is 1.47. The minimum atomic E-state index is -0.671. The van der Waals surface area contributed by atoms with Crippen molar-refractivity contribution in [1.82, 2.24) is 4.98 Å². The molecule has 6 N–H and O–H groups in total. The highest BCUT2D eigenvalue weighted by Crippen LogP contribution is 2.17. The fourth-order valence-electron chi connectivity index (χ4n) is 1.40. The Kier molecular flexibility index (Phi) is 3.62. The third-order valence-electron chi connectivity index (χ3n) is 2.14. The molecular formula is C11H11N5O2S. The third kappa shape index (κ3) is 3.42. The maximum absolute atomic E-state index is 11.8. The van der Waals surface area contributed by atoms with Gasteiger partial charge in [-0.2, -0.15) is 0 Å². The minimum Gasteiger partial charge on any atom is -0.375 e. The van der Waals surface area contributed by atoms with E-state index in [0.29, 0.717) is 16.5 Å². The average Bonchev–Trinajstić information content (AvgIpc) is 2.75. The molecule has 1 aromatic heterocycles. The van der Waals surface area contributed by atoms with Crippen LogP contribution in [-0.2, 0) is 0 Å². The number of aromatic nitrogens is 1. The molecule has 0 saturated heterocycles. The Morgan fingerprint density at radius 2 is 1.89 bits per heavy atom. The third-order valence-corrected chi connectivity index (χ3v) is 2.82. The molecule has 2 rings (SSSR count). The number of carbonyl (C=O) groups is 2. The highest BCUT2D eigenvalue weighted by molar-refractivity contribution is 7.13. The van der Waals surface area contributed by atoms with Gasteiger partial charge in [0.25, 0.3) is 5.91 Å². The lowest BCUT2D eigenvalue weighted by Crippen LogP contribution is -2.19. The van der Waals surface area contributed by atoms with Gasteiger partial charge in [-0.1, -0.05) is 6.07 Å². The number of nitrogens with one attached hydrogen (secondary N) is 2. The van der Waals surface area contributed by atoms with E-state index in [9.17, 15) is 9.59 Å². The normalized spacial score (nSPS) is 9.89. The summed E-state index contributed by atoms with van der Waals surface area (Å²) in [5.41, 5.74) is 11.7. The van der Waals surface area contributed by atoms with Crippen molar-refractivity contribution in [3.63, 3.8) is 0 Å². The maximum atomic E-state index is 11.8. The highest BCUT2D eigenvalue weighted by atomic mass is 32.1. The molecule has 98 valence electrons. The van der Waals surface area contributed by atoms with E-state index in [1.807, 2.05) is 0 Å². The summed E-state index contributed by atoms with van der Waals surface area (Å²) in [6.07, 6.45) is 0. The number of nitrogens with two attached hydrogens (primary N) is 2. The average molecular weight is 277 g/mol. The van der Waals surface area contributed by atoms with Crippen LogP contribution in [0.3, 0.4) is 0 Å². The van der Waals surface area contributed by atoms with Gasteiger partial charge < -0.3 is 22.1 Å². The van der Waals surface area contributed by atoms with E-state index < -0.39 is 6.03 Å². The van der Waals surface area contributed by atoms with Gasteiger partial charge in [0.1, 0.15) is 5.69 Å². The lowest BCUT2D eigenvalue weighted by molar-refractivity contribution is 0.102. The van der Waals surface area contributed by atoms with Crippen LogP contribution in [0.1, 0.15) is 10.5 Å². The monoisotopic (exact) mass is 277 g/mol. The lowest BCUT2D eigenvalue weighted by atomic mass is 10.2. The van der Waals surface area contributed by atoms with E-state index >= 15 is 0 Å². The van der Waals surface area contributed by atoms with Crippen LogP contribution in [0.25, 0.3) is 0 Å². The number of primary amides is 1. The molecule has 0 aliphatic rings. The molecule has 0 bridgehead atoms. The van der Waals surface area contributed by atoms with Gasteiger partial charge in [-0.15, -0.1) is 11.3 Å². The molecule has 0 aliphatic carbocycles. The standard InChI is InChI=1S/C11H11N5O2S/c12-10(18)15-7-3-1-2-6(4-7)14-9(17)8-5-19-11(13)16-8/h1-5H,(H2,13,16)(H,14,17)(H3,12,15,18). The van der Waals surface area contributed by atoms with Crippen molar-refractivity contribution < 1.29 is 9.59 Å². The van der Waals surface area contributed by atoms with Gasteiger partial charge in [-0.05, 0) is 18.2 Å². The largest absolute Gasteiger partial charge is 0.375 e. The van der Waals surface area contributed by atoms with Crippen LogP contribution in [0.2, 0.25) is 0 Å². The quantitative estimate of drug-likeness (QED) is 0.678. The predicted molar refractivity (Wildman–Crippen MR) is 74.1 cm³/mol. The Morgan fingerprint density at radius 3 is 2.47 bits per heavy atom. The molecule has 8 heteroatoms. The molecule has 1 heterocycles. The number of anilines is 3.